The van der Waals surface area contributed by atoms with E-state index in [2.05, 4.69) is 69.0 Å². The molecule has 1 saturated heterocycles. The molecular weight excluding hydrogens is 575 g/mol. The number of carboxylic acids is 1. The van der Waals surface area contributed by atoms with Crippen LogP contribution in [0.5, 0.6) is 5.75 Å². The van der Waals surface area contributed by atoms with Crippen molar-refractivity contribution in [3.05, 3.63) is 90.0 Å². The number of benzene rings is 3. The number of aromatic nitrogens is 3. The number of carboxylic acid groups (broad SMARTS) is 1. The van der Waals surface area contributed by atoms with Crippen molar-refractivity contribution in [2.75, 3.05) is 35.2 Å². The molecule has 13 heteroatoms. The van der Waals surface area contributed by atoms with E-state index >= 15 is 0 Å². The molecule has 1 aromatic heterocycles. The van der Waals surface area contributed by atoms with Gasteiger partial charge in [-0.25, -0.2) is 4.79 Å². The number of hydrogen-bond donors (Lipinski definition) is 5. The van der Waals surface area contributed by atoms with Gasteiger partial charge in [0.05, 0.1) is 0 Å². The number of rotatable bonds is 9. The summed E-state index contributed by atoms with van der Waals surface area (Å²) in [6, 6.07) is 26.2. The second kappa shape index (κ2) is 15.0. The topological polar surface area (TPSA) is 150 Å². The first kappa shape index (κ1) is 32.0. The second-order valence-corrected chi connectivity index (χ2v) is 10.1. The average Bonchev–Trinajstić information content (AvgIpc) is 3.02. The maximum Gasteiger partial charge on any atom is 0.490 e. The average molecular weight is 610 g/mol. The van der Waals surface area contributed by atoms with E-state index in [-0.39, 0.29) is 11.8 Å². The number of halogens is 3. The quantitative estimate of drug-likeness (QED) is 0.174. The molecule has 0 unspecified atom stereocenters. The summed E-state index contributed by atoms with van der Waals surface area (Å²) in [7, 11) is 0. The fourth-order valence-electron chi connectivity index (χ4n) is 4.49. The minimum Gasteiger partial charge on any atom is -0.508 e. The molecule has 3 aromatic carbocycles. The van der Waals surface area contributed by atoms with Crippen LogP contribution in [0.4, 0.5) is 31.0 Å². The first-order valence-electron chi connectivity index (χ1n) is 14.0. The zero-order valence-electron chi connectivity index (χ0n) is 23.8. The summed E-state index contributed by atoms with van der Waals surface area (Å²) < 4.78 is 31.7. The maximum absolute atomic E-state index is 10.6. The zero-order chi connectivity index (χ0) is 31.5. The van der Waals surface area contributed by atoms with E-state index < -0.39 is 12.1 Å². The van der Waals surface area contributed by atoms with Crippen molar-refractivity contribution < 1.29 is 28.2 Å². The molecule has 0 amide bonds. The number of piperidine rings is 1. The summed E-state index contributed by atoms with van der Waals surface area (Å²) in [5, 5.41) is 23.4. The molecule has 4 aromatic rings. The molecule has 0 bridgehead atoms. The number of anilines is 3. The standard InChI is InChI=1S/C29H33N7O.C2HF3O2/c30-24-15-18-36(19-16-24)29-34-27(31-17-14-21-10-12-25(37)13-11-21)33-28(35-29)32-20-23-8-4-5-9-26(23)22-6-2-1-3-7-22;3-2(4,5)1(6)7/h1-13,24,37H,14-20,30H2,(H2,31,32,33,34,35);(H,6,7). The van der Waals surface area contributed by atoms with E-state index in [1.807, 2.05) is 18.2 Å². The maximum atomic E-state index is 10.6. The summed E-state index contributed by atoms with van der Waals surface area (Å²) in [6.07, 6.45) is -2.46. The van der Waals surface area contributed by atoms with Crippen LogP contribution in [0.3, 0.4) is 0 Å². The van der Waals surface area contributed by atoms with Gasteiger partial charge in [-0.15, -0.1) is 0 Å². The van der Waals surface area contributed by atoms with Gasteiger partial charge in [-0.3, -0.25) is 0 Å². The van der Waals surface area contributed by atoms with E-state index in [9.17, 15) is 18.3 Å². The number of aliphatic carboxylic acids is 1. The summed E-state index contributed by atoms with van der Waals surface area (Å²) >= 11 is 0. The van der Waals surface area contributed by atoms with Crippen molar-refractivity contribution in [3.63, 3.8) is 0 Å². The van der Waals surface area contributed by atoms with Crippen LogP contribution in [0.1, 0.15) is 24.0 Å². The molecular formula is C31H34F3N7O3. The third-order valence-electron chi connectivity index (χ3n) is 6.86. The molecule has 6 N–H and O–H groups in total. The van der Waals surface area contributed by atoms with Gasteiger partial charge < -0.3 is 31.5 Å². The van der Waals surface area contributed by atoms with Crippen molar-refractivity contribution in [1.82, 2.24) is 15.0 Å². The van der Waals surface area contributed by atoms with E-state index in [1.54, 1.807) is 12.1 Å². The lowest BCUT2D eigenvalue weighted by atomic mass is 10.00. The summed E-state index contributed by atoms with van der Waals surface area (Å²) in [4.78, 5) is 25.2. The Morgan fingerprint density at radius 1 is 0.886 bits per heavy atom. The largest absolute Gasteiger partial charge is 0.508 e. The Morgan fingerprint density at radius 2 is 1.48 bits per heavy atom. The molecule has 0 aliphatic carbocycles. The Morgan fingerprint density at radius 3 is 2.11 bits per heavy atom. The van der Waals surface area contributed by atoms with Crippen LogP contribution < -0.4 is 21.3 Å². The van der Waals surface area contributed by atoms with Gasteiger partial charge in [0.1, 0.15) is 5.75 Å². The number of nitrogens with two attached hydrogens (primary N) is 1. The van der Waals surface area contributed by atoms with E-state index in [0.29, 0.717) is 30.9 Å². The minimum atomic E-state index is -5.08. The SMILES string of the molecule is NC1CCN(c2nc(NCCc3ccc(O)cc3)nc(NCc3ccccc3-c3ccccc3)n2)CC1.O=C(O)C(F)(F)F. The van der Waals surface area contributed by atoms with E-state index in [4.69, 9.17) is 25.6 Å². The fourth-order valence-corrected chi connectivity index (χ4v) is 4.49. The minimum absolute atomic E-state index is 0.230. The van der Waals surface area contributed by atoms with Gasteiger partial charge in [0.15, 0.2) is 0 Å². The van der Waals surface area contributed by atoms with Crippen LogP contribution in [0.25, 0.3) is 11.1 Å². The van der Waals surface area contributed by atoms with E-state index in [0.717, 1.165) is 37.9 Å². The molecule has 0 spiro atoms. The molecule has 0 radical (unpaired) electrons. The monoisotopic (exact) mass is 609 g/mol. The van der Waals surface area contributed by atoms with Crippen molar-refractivity contribution >= 4 is 23.8 Å². The highest BCUT2D eigenvalue weighted by molar-refractivity contribution is 5.73. The Hall–Kier alpha value is -4.91. The van der Waals surface area contributed by atoms with Gasteiger partial charge in [-0.2, -0.15) is 28.1 Å². The number of nitrogens with one attached hydrogen (secondary N) is 2. The first-order valence-corrected chi connectivity index (χ1v) is 14.0. The van der Waals surface area contributed by atoms with Crippen LogP contribution in [0, 0.1) is 0 Å². The van der Waals surface area contributed by atoms with Crippen molar-refractivity contribution in [2.45, 2.75) is 38.0 Å². The molecule has 5 rings (SSSR count). The number of phenols is 1. The smallest absolute Gasteiger partial charge is 0.490 e. The van der Waals surface area contributed by atoms with Crippen LogP contribution in [0.2, 0.25) is 0 Å². The molecule has 44 heavy (non-hydrogen) atoms. The lowest BCUT2D eigenvalue weighted by Crippen LogP contribution is -2.40. The summed E-state index contributed by atoms with van der Waals surface area (Å²) in [5.74, 6) is -0.752. The van der Waals surface area contributed by atoms with Crippen molar-refractivity contribution in [2.24, 2.45) is 5.73 Å². The van der Waals surface area contributed by atoms with Crippen LogP contribution >= 0.6 is 0 Å². The lowest BCUT2D eigenvalue weighted by molar-refractivity contribution is -0.192. The Balaban J connectivity index is 0.000000566. The molecule has 10 nitrogen and oxygen atoms in total. The van der Waals surface area contributed by atoms with E-state index in [1.165, 1.54) is 16.7 Å². The Bertz CT molecular complexity index is 1500. The number of aromatic hydroxyl groups is 1. The van der Waals surface area contributed by atoms with Gasteiger partial charge in [-0.1, -0.05) is 66.7 Å². The van der Waals surface area contributed by atoms with Gasteiger partial charge in [0.2, 0.25) is 17.8 Å². The summed E-state index contributed by atoms with van der Waals surface area (Å²) in [6.45, 7) is 2.91. The molecule has 1 aliphatic rings. The number of carbonyl (C=O) groups is 1. The number of alkyl halides is 3. The highest BCUT2D eigenvalue weighted by atomic mass is 19.4. The van der Waals surface area contributed by atoms with Gasteiger partial charge >= 0.3 is 12.1 Å². The normalized spacial score (nSPS) is 13.5. The fraction of sp³-hybridized carbons (Fsp3) is 0.290. The molecule has 1 fully saturated rings. The third-order valence-corrected chi connectivity index (χ3v) is 6.86. The lowest BCUT2D eigenvalue weighted by Gasteiger charge is -2.30. The van der Waals surface area contributed by atoms with Crippen molar-refractivity contribution in [3.8, 4) is 16.9 Å². The first-order chi connectivity index (χ1) is 21.1. The number of nitrogens with zero attached hydrogens (tertiary/aromatic N) is 4. The zero-order valence-corrected chi connectivity index (χ0v) is 23.8. The van der Waals surface area contributed by atoms with Crippen molar-refractivity contribution in [1.29, 1.82) is 0 Å². The highest BCUT2D eigenvalue weighted by Crippen LogP contribution is 2.25. The third kappa shape index (κ3) is 9.56. The van der Waals surface area contributed by atoms with Crippen LogP contribution in [0.15, 0.2) is 78.9 Å². The van der Waals surface area contributed by atoms with Crippen LogP contribution in [-0.2, 0) is 17.8 Å². The Kier molecular flexibility index (Phi) is 10.9. The molecule has 1 aliphatic heterocycles. The molecule has 0 saturated carbocycles. The second-order valence-electron chi connectivity index (χ2n) is 10.1. The number of phenolic OH excluding ortho intramolecular Hbond substituents is 1. The molecule has 2 heterocycles. The molecule has 232 valence electrons. The van der Waals surface area contributed by atoms with Crippen LogP contribution in [-0.4, -0.2) is 63.0 Å². The Labute approximate surface area is 252 Å². The predicted molar refractivity (Wildman–Crippen MR) is 162 cm³/mol. The highest BCUT2D eigenvalue weighted by Gasteiger charge is 2.38. The number of hydrogen-bond acceptors (Lipinski definition) is 9. The molecule has 0 atom stereocenters. The van der Waals surface area contributed by atoms with Gasteiger partial charge in [0, 0.05) is 32.2 Å². The predicted octanol–water partition coefficient (Wildman–Crippen LogP) is 5.07. The van der Waals surface area contributed by atoms with Gasteiger partial charge in [0.25, 0.3) is 0 Å². The van der Waals surface area contributed by atoms with Gasteiger partial charge in [-0.05, 0) is 53.6 Å². The summed E-state index contributed by atoms with van der Waals surface area (Å²) in [5.41, 5.74) is 10.8.